The SMILES string of the molecule is CCNC(=NCc1ccc(C#N)cc1)NCCc1ccc(OCC)c(OCC)c1.I. The number of nitrogens with zero attached hydrogens (tertiary/aromatic N) is 2. The molecule has 0 aromatic heterocycles. The first kappa shape index (κ1) is 25.6. The van der Waals surface area contributed by atoms with Crippen LogP contribution >= 0.6 is 24.0 Å². The normalized spacial score (nSPS) is 10.5. The minimum Gasteiger partial charge on any atom is -0.490 e. The second-order valence-electron chi connectivity index (χ2n) is 6.33. The summed E-state index contributed by atoms with van der Waals surface area (Å²) in [6, 6.07) is 15.7. The number of ether oxygens (including phenoxy) is 2. The summed E-state index contributed by atoms with van der Waals surface area (Å²) in [4.78, 5) is 4.62. The van der Waals surface area contributed by atoms with Gasteiger partial charge < -0.3 is 20.1 Å². The molecule has 30 heavy (non-hydrogen) atoms. The minimum atomic E-state index is 0. The molecule has 0 bridgehead atoms. The number of nitriles is 1. The van der Waals surface area contributed by atoms with E-state index in [-0.39, 0.29) is 24.0 Å². The molecule has 0 aliphatic carbocycles. The van der Waals surface area contributed by atoms with E-state index in [4.69, 9.17) is 14.7 Å². The van der Waals surface area contributed by atoms with Crippen molar-refractivity contribution in [2.75, 3.05) is 26.3 Å². The highest BCUT2D eigenvalue weighted by molar-refractivity contribution is 14.0. The number of halogens is 1. The van der Waals surface area contributed by atoms with Gasteiger partial charge in [0.2, 0.25) is 0 Å². The first-order valence-electron chi connectivity index (χ1n) is 10.1. The Balaban J connectivity index is 0.00000450. The van der Waals surface area contributed by atoms with Crippen molar-refractivity contribution >= 4 is 29.9 Å². The molecule has 0 fully saturated rings. The Morgan fingerprint density at radius 3 is 2.23 bits per heavy atom. The Kier molecular flexibility index (Phi) is 12.4. The summed E-state index contributed by atoms with van der Waals surface area (Å²) in [6.07, 6.45) is 0.841. The van der Waals surface area contributed by atoms with Gasteiger partial charge in [-0.15, -0.1) is 24.0 Å². The maximum absolute atomic E-state index is 8.88. The number of rotatable bonds is 10. The van der Waals surface area contributed by atoms with Gasteiger partial charge in [0.25, 0.3) is 0 Å². The Hall–Kier alpha value is -2.47. The third-order valence-corrected chi connectivity index (χ3v) is 4.16. The molecule has 7 heteroatoms. The van der Waals surface area contributed by atoms with E-state index in [1.54, 1.807) is 0 Å². The van der Waals surface area contributed by atoms with Gasteiger partial charge in [-0.05, 0) is 62.6 Å². The van der Waals surface area contributed by atoms with E-state index in [2.05, 4.69) is 27.8 Å². The third-order valence-electron chi connectivity index (χ3n) is 4.16. The third kappa shape index (κ3) is 8.49. The Bertz CT molecular complexity index is 832. The van der Waals surface area contributed by atoms with Crippen LogP contribution in [0.2, 0.25) is 0 Å². The van der Waals surface area contributed by atoms with Gasteiger partial charge in [-0.2, -0.15) is 5.26 Å². The lowest BCUT2D eigenvalue weighted by atomic mass is 10.1. The van der Waals surface area contributed by atoms with E-state index in [1.165, 1.54) is 5.56 Å². The van der Waals surface area contributed by atoms with Crippen LogP contribution < -0.4 is 20.1 Å². The zero-order chi connectivity index (χ0) is 20.9. The van der Waals surface area contributed by atoms with Crippen LogP contribution in [0.5, 0.6) is 11.5 Å². The summed E-state index contributed by atoms with van der Waals surface area (Å²) in [5.74, 6) is 2.34. The van der Waals surface area contributed by atoms with Gasteiger partial charge in [-0.1, -0.05) is 18.2 Å². The first-order chi connectivity index (χ1) is 14.2. The second kappa shape index (κ2) is 14.5. The number of nitrogens with one attached hydrogen (secondary N) is 2. The van der Waals surface area contributed by atoms with Crippen molar-refractivity contribution in [1.29, 1.82) is 5.26 Å². The average molecular weight is 522 g/mol. The maximum atomic E-state index is 8.88. The van der Waals surface area contributed by atoms with Crippen molar-refractivity contribution in [1.82, 2.24) is 10.6 Å². The van der Waals surface area contributed by atoms with Gasteiger partial charge in [0.1, 0.15) is 0 Å². The van der Waals surface area contributed by atoms with Crippen LogP contribution in [0.3, 0.4) is 0 Å². The molecule has 162 valence electrons. The molecule has 2 N–H and O–H groups in total. The molecule has 2 aromatic rings. The first-order valence-corrected chi connectivity index (χ1v) is 10.1. The summed E-state index contributed by atoms with van der Waals surface area (Å²) >= 11 is 0. The number of hydrogen-bond acceptors (Lipinski definition) is 4. The molecule has 0 saturated carbocycles. The molecule has 6 nitrogen and oxygen atoms in total. The fourth-order valence-electron chi connectivity index (χ4n) is 2.77. The van der Waals surface area contributed by atoms with E-state index in [1.807, 2.05) is 57.2 Å². The summed E-state index contributed by atoms with van der Waals surface area (Å²) in [7, 11) is 0. The molecule has 0 heterocycles. The summed E-state index contributed by atoms with van der Waals surface area (Å²) in [6.45, 7) is 9.29. The van der Waals surface area contributed by atoms with Crippen LogP contribution in [-0.4, -0.2) is 32.3 Å². The van der Waals surface area contributed by atoms with Crippen LogP contribution in [0.15, 0.2) is 47.5 Å². The van der Waals surface area contributed by atoms with Crippen molar-refractivity contribution in [2.45, 2.75) is 33.7 Å². The highest BCUT2D eigenvalue weighted by atomic mass is 127. The number of benzene rings is 2. The predicted octanol–water partition coefficient (Wildman–Crippen LogP) is 4.27. The van der Waals surface area contributed by atoms with Crippen LogP contribution in [-0.2, 0) is 13.0 Å². The molecule has 0 radical (unpaired) electrons. The Labute approximate surface area is 196 Å². The monoisotopic (exact) mass is 522 g/mol. The predicted molar refractivity (Wildman–Crippen MR) is 132 cm³/mol. The van der Waals surface area contributed by atoms with Gasteiger partial charge in [0.05, 0.1) is 31.4 Å². The van der Waals surface area contributed by atoms with E-state index in [0.717, 1.165) is 42.5 Å². The molecular weight excluding hydrogens is 491 g/mol. The number of guanidine groups is 1. The molecule has 0 aliphatic heterocycles. The molecule has 0 amide bonds. The van der Waals surface area contributed by atoms with E-state index in [9.17, 15) is 0 Å². The van der Waals surface area contributed by atoms with E-state index in [0.29, 0.717) is 25.3 Å². The van der Waals surface area contributed by atoms with Crippen LogP contribution in [0, 0.1) is 11.3 Å². The maximum Gasteiger partial charge on any atom is 0.191 e. The molecular formula is C23H31IN4O2. The fraction of sp³-hybridized carbons (Fsp3) is 0.391. The Morgan fingerprint density at radius 2 is 1.60 bits per heavy atom. The smallest absolute Gasteiger partial charge is 0.191 e. The second-order valence-corrected chi connectivity index (χ2v) is 6.33. The molecule has 2 rings (SSSR count). The van der Waals surface area contributed by atoms with Crippen molar-refractivity contribution < 1.29 is 9.47 Å². The van der Waals surface area contributed by atoms with Gasteiger partial charge >= 0.3 is 0 Å². The fourth-order valence-corrected chi connectivity index (χ4v) is 2.77. The van der Waals surface area contributed by atoms with E-state index < -0.39 is 0 Å². The van der Waals surface area contributed by atoms with Crippen LogP contribution in [0.1, 0.15) is 37.5 Å². The van der Waals surface area contributed by atoms with Gasteiger partial charge in [0.15, 0.2) is 17.5 Å². The zero-order valence-electron chi connectivity index (χ0n) is 17.9. The van der Waals surface area contributed by atoms with E-state index >= 15 is 0 Å². The van der Waals surface area contributed by atoms with Crippen molar-refractivity contribution in [2.24, 2.45) is 4.99 Å². The highest BCUT2D eigenvalue weighted by Crippen LogP contribution is 2.28. The lowest BCUT2D eigenvalue weighted by Crippen LogP contribution is -2.38. The van der Waals surface area contributed by atoms with Crippen molar-refractivity contribution in [3.8, 4) is 17.6 Å². The van der Waals surface area contributed by atoms with Gasteiger partial charge in [-0.3, -0.25) is 0 Å². The van der Waals surface area contributed by atoms with Gasteiger partial charge in [0, 0.05) is 13.1 Å². The van der Waals surface area contributed by atoms with Crippen molar-refractivity contribution in [3.05, 3.63) is 59.2 Å². The van der Waals surface area contributed by atoms with Gasteiger partial charge in [-0.25, -0.2) is 4.99 Å². The molecule has 0 unspecified atom stereocenters. The molecule has 0 saturated heterocycles. The van der Waals surface area contributed by atoms with Crippen LogP contribution in [0.25, 0.3) is 0 Å². The molecule has 0 aliphatic rings. The number of aliphatic imine (C=N–C) groups is 1. The molecule has 0 spiro atoms. The standard InChI is InChI=1S/C23H30N4O2.HI/c1-4-25-23(27-17-20-9-7-19(16-24)8-10-20)26-14-13-18-11-12-21(28-5-2)22(15-18)29-6-3;/h7-12,15H,4-6,13-14,17H2,1-3H3,(H2,25,26,27);1H. The summed E-state index contributed by atoms with van der Waals surface area (Å²) < 4.78 is 11.3. The van der Waals surface area contributed by atoms with Crippen molar-refractivity contribution in [3.63, 3.8) is 0 Å². The zero-order valence-corrected chi connectivity index (χ0v) is 20.2. The molecule has 0 atom stereocenters. The quantitative estimate of drug-likeness (QED) is 0.277. The summed E-state index contributed by atoms with van der Waals surface area (Å²) in [5.41, 5.74) is 2.89. The lowest BCUT2D eigenvalue weighted by molar-refractivity contribution is 0.287. The molecule has 2 aromatic carbocycles. The topological polar surface area (TPSA) is 78.7 Å². The Morgan fingerprint density at radius 1 is 0.933 bits per heavy atom. The largest absolute Gasteiger partial charge is 0.490 e. The minimum absolute atomic E-state index is 0. The lowest BCUT2D eigenvalue weighted by Gasteiger charge is -2.14. The van der Waals surface area contributed by atoms with Crippen LogP contribution in [0.4, 0.5) is 0 Å². The average Bonchev–Trinajstić information content (AvgIpc) is 2.74. The highest BCUT2D eigenvalue weighted by Gasteiger charge is 2.06. The summed E-state index contributed by atoms with van der Waals surface area (Å²) in [5, 5.41) is 15.5. The number of hydrogen-bond donors (Lipinski definition) is 2.